The van der Waals surface area contributed by atoms with Crippen LogP contribution in [0.2, 0.25) is 10.0 Å². The summed E-state index contributed by atoms with van der Waals surface area (Å²) in [6, 6.07) is 8.22. The lowest BCUT2D eigenvalue weighted by Gasteiger charge is -2.21. The van der Waals surface area contributed by atoms with E-state index in [9.17, 15) is 4.79 Å². The maximum atomic E-state index is 12.3. The van der Waals surface area contributed by atoms with Crippen molar-refractivity contribution in [1.82, 2.24) is 0 Å². The summed E-state index contributed by atoms with van der Waals surface area (Å²) in [6.07, 6.45) is 0. The summed E-state index contributed by atoms with van der Waals surface area (Å²) < 4.78 is 21.3. The fourth-order valence-electron chi connectivity index (χ4n) is 2.42. The topological polar surface area (TPSA) is 54.0 Å². The molecule has 3 rings (SSSR count). The summed E-state index contributed by atoms with van der Waals surface area (Å²) in [5, 5.41) is 0.942. The first-order valence-corrected chi connectivity index (χ1v) is 7.86. The highest BCUT2D eigenvalue weighted by Gasteiger charge is 2.19. The number of carbonyl (C=O) groups excluding carboxylic acids is 1. The highest BCUT2D eigenvalue weighted by molar-refractivity contribution is 6.31. The van der Waals surface area contributed by atoms with Gasteiger partial charge in [-0.2, -0.15) is 0 Å². The van der Waals surface area contributed by atoms with Gasteiger partial charge in [-0.25, -0.2) is 4.79 Å². The van der Waals surface area contributed by atoms with Crippen molar-refractivity contribution in [3.05, 3.63) is 57.1 Å². The highest BCUT2D eigenvalue weighted by atomic mass is 35.5. The van der Waals surface area contributed by atoms with Crippen LogP contribution in [0.1, 0.15) is 21.5 Å². The average molecular weight is 369 g/mol. The molecule has 0 saturated heterocycles. The normalized spacial score (nSPS) is 13.0. The Labute approximate surface area is 149 Å². The smallest absolute Gasteiger partial charge is 0.342 e. The monoisotopic (exact) mass is 368 g/mol. The molecule has 0 aromatic heterocycles. The lowest BCUT2D eigenvalue weighted by atomic mass is 10.1. The summed E-state index contributed by atoms with van der Waals surface area (Å²) in [6.45, 7) is 0.564. The molecule has 0 aliphatic carbocycles. The molecule has 2 aromatic rings. The number of fused-ring (bicyclic) bond motifs is 1. The molecule has 0 fully saturated rings. The van der Waals surface area contributed by atoms with Gasteiger partial charge in [0, 0.05) is 21.2 Å². The predicted octanol–water partition coefficient (Wildman–Crippen LogP) is 4.23. The molecule has 0 unspecified atom stereocenters. The molecule has 1 heterocycles. The number of carbonyl (C=O) groups is 1. The maximum Gasteiger partial charge on any atom is 0.342 e. The molecule has 2 aromatic carbocycles. The van der Waals surface area contributed by atoms with E-state index in [1.54, 1.807) is 24.3 Å². The molecule has 1 aliphatic rings. The van der Waals surface area contributed by atoms with Crippen LogP contribution in [0.4, 0.5) is 0 Å². The molecule has 0 saturated carbocycles. The maximum absolute atomic E-state index is 12.3. The number of esters is 1. The van der Waals surface area contributed by atoms with Gasteiger partial charge in [-0.1, -0.05) is 23.2 Å². The zero-order valence-corrected chi connectivity index (χ0v) is 14.3. The second-order valence-corrected chi connectivity index (χ2v) is 5.96. The third-order valence-electron chi connectivity index (χ3n) is 3.49. The Morgan fingerprint density at radius 3 is 2.83 bits per heavy atom. The molecule has 5 nitrogen and oxygen atoms in total. The summed E-state index contributed by atoms with van der Waals surface area (Å²) in [7, 11) is 1.47. The summed E-state index contributed by atoms with van der Waals surface area (Å²) in [5.74, 6) is 0.480. The van der Waals surface area contributed by atoms with Crippen molar-refractivity contribution < 1.29 is 23.7 Å². The minimum Gasteiger partial charge on any atom is -0.496 e. The first-order chi connectivity index (χ1) is 11.6. The van der Waals surface area contributed by atoms with E-state index in [-0.39, 0.29) is 19.0 Å². The van der Waals surface area contributed by atoms with E-state index in [2.05, 4.69) is 0 Å². The Morgan fingerprint density at radius 2 is 2.04 bits per heavy atom. The third-order valence-corrected chi connectivity index (χ3v) is 3.95. The van der Waals surface area contributed by atoms with E-state index in [4.69, 9.17) is 42.1 Å². The molecule has 24 heavy (non-hydrogen) atoms. The van der Waals surface area contributed by atoms with Crippen molar-refractivity contribution in [2.75, 3.05) is 13.9 Å². The van der Waals surface area contributed by atoms with Gasteiger partial charge in [-0.15, -0.1) is 0 Å². The van der Waals surface area contributed by atoms with E-state index in [1.165, 1.54) is 13.2 Å². The van der Waals surface area contributed by atoms with Crippen LogP contribution in [-0.2, 0) is 22.7 Å². The van der Waals surface area contributed by atoms with Crippen LogP contribution in [-0.4, -0.2) is 19.9 Å². The Hall–Kier alpha value is -1.95. The molecule has 7 heteroatoms. The van der Waals surface area contributed by atoms with Crippen LogP contribution in [0, 0.1) is 0 Å². The first-order valence-electron chi connectivity index (χ1n) is 7.11. The molecule has 0 radical (unpaired) electrons. The number of hydrogen-bond donors (Lipinski definition) is 0. The molecule has 0 atom stereocenters. The molecule has 0 N–H and O–H groups in total. The number of ether oxygens (including phenoxy) is 4. The van der Waals surface area contributed by atoms with Crippen LogP contribution < -0.4 is 9.47 Å². The van der Waals surface area contributed by atoms with E-state index in [1.807, 2.05) is 0 Å². The number of halogens is 2. The zero-order chi connectivity index (χ0) is 17.1. The van der Waals surface area contributed by atoms with Gasteiger partial charge < -0.3 is 18.9 Å². The lowest BCUT2D eigenvalue weighted by Crippen LogP contribution is -2.14. The van der Waals surface area contributed by atoms with E-state index in [0.29, 0.717) is 33.7 Å². The lowest BCUT2D eigenvalue weighted by molar-refractivity contribution is -0.0180. The van der Waals surface area contributed by atoms with Crippen LogP contribution in [0.3, 0.4) is 0 Å². The first kappa shape index (κ1) is 16.9. The largest absolute Gasteiger partial charge is 0.496 e. The van der Waals surface area contributed by atoms with Gasteiger partial charge in [-0.3, -0.25) is 0 Å². The van der Waals surface area contributed by atoms with E-state index < -0.39 is 5.97 Å². The fraction of sp³-hybridized carbons (Fsp3) is 0.235. The Kier molecular flexibility index (Phi) is 5.14. The van der Waals surface area contributed by atoms with Gasteiger partial charge in [0.25, 0.3) is 0 Å². The molecule has 0 spiro atoms. The highest BCUT2D eigenvalue weighted by Crippen LogP contribution is 2.32. The Balaban J connectivity index is 1.80. The van der Waals surface area contributed by atoms with Gasteiger partial charge in [0.05, 0.1) is 13.7 Å². The average Bonchev–Trinajstić information content (AvgIpc) is 2.59. The van der Waals surface area contributed by atoms with Crippen molar-refractivity contribution >= 4 is 29.2 Å². The molecular formula is C17H14Cl2O5. The number of benzene rings is 2. The number of methoxy groups -OCH3 is 1. The van der Waals surface area contributed by atoms with Gasteiger partial charge in [0.2, 0.25) is 0 Å². The quantitative estimate of drug-likeness (QED) is 0.756. The van der Waals surface area contributed by atoms with Crippen molar-refractivity contribution in [1.29, 1.82) is 0 Å². The van der Waals surface area contributed by atoms with Crippen LogP contribution in [0.5, 0.6) is 11.5 Å². The van der Waals surface area contributed by atoms with Crippen LogP contribution in [0.15, 0.2) is 30.3 Å². The second-order valence-electron chi connectivity index (χ2n) is 5.08. The van der Waals surface area contributed by atoms with Crippen molar-refractivity contribution in [3.63, 3.8) is 0 Å². The minimum absolute atomic E-state index is 0.0113. The third kappa shape index (κ3) is 3.59. The SMILES string of the molecule is COc1ccc(Cl)cc1C(=O)OCc1cc(Cl)cc2c1OCOC2. The Morgan fingerprint density at radius 1 is 1.21 bits per heavy atom. The van der Waals surface area contributed by atoms with Crippen molar-refractivity contribution in [3.8, 4) is 11.5 Å². The van der Waals surface area contributed by atoms with Gasteiger partial charge in [0.1, 0.15) is 23.7 Å². The molecular weight excluding hydrogens is 355 g/mol. The summed E-state index contributed by atoms with van der Waals surface area (Å²) in [5.41, 5.74) is 1.75. The Bertz CT molecular complexity index is 776. The van der Waals surface area contributed by atoms with E-state index in [0.717, 1.165) is 5.56 Å². The fourth-order valence-corrected chi connectivity index (χ4v) is 2.86. The molecule has 0 bridgehead atoms. The van der Waals surface area contributed by atoms with Crippen molar-refractivity contribution in [2.45, 2.75) is 13.2 Å². The van der Waals surface area contributed by atoms with Crippen LogP contribution in [0.25, 0.3) is 0 Å². The standard InChI is InChI=1S/C17H14Cl2O5/c1-21-15-3-2-12(18)6-14(15)17(20)23-8-11-5-13(19)4-10-7-22-9-24-16(10)11/h2-6H,7-9H2,1H3. The molecule has 1 aliphatic heterocycles. The minimum atomic E-state index is -0.546. The van der Waals surface area contributed by atoms with Gasteiger partial charge in [-0.05, 0) is 30.3 Å². The zero-order valence-electron chi connectivity index (χ0n) is 12.8. The van der Waals surface area contributed by atoms with Gasteiger partial charge in [0.15, 0.2) is 6.79 Å². The number of rotatable bonds is 4. The van der Waals surface area contributed by atoms with Gasteiger partial charge >= 0.3 is 5.97 Å². The predicted molar refractivity (Wildman–Crippen MR) is 88.9 cm³/mol. The van der Waals surface area contributed by atoms with E-state index >= 15 is 0 Å². The molecule has 0 amide bonds. The number of hydrogen-bond acceptors (Lipinski definition) is 5. The summed E-state index contributed by atoms with van der Waals surface area (Å²) in [4.78, 5) is 12.3. The van der Waals surface area contributed by atoms with Crippen LogP contribution >= 0.6 is 23.2 Å². The molecule has 126 valence electrons. The van der Waals surface area contributed by atoms with Crippen molar-refractivity contribution in [2.24, 2.45) is 0 Å². The summed E-state index contributed by atoms with van der Waals surface area (Å²) >= 11 is 12.0. The second kappa shape index (κ2) is 7.30.